The minimum absolute atomic E-state index is 0.0237. The minimum Gasteiger partial charge on any atom is -0.465 e. The van der Waals surface area contributed by atoms with Gasteiger partial charge in [0.2, 0.25) is 5.91 Å². The number of para-hydroxylation sites is 1. The van der Waals surface area contributed by atoms with E-state index in [9.17, 15) is 14.4 Å². The fourth-order valence-corrected chi connectivity index (χ4v) is 3.47. The van der Waals surface area contributed by atoms with E-state index in [1.807, 2.05) is 31.2 Å². The summed E-state index contributed by atoms with van der Waals surface area (Å²) in [4.78, 5) is 42.6. The van der Waals surface area contributed by atoms with Gasteiger partial charge in [0.1, 0.15) is 13.2 Å². The van der Waals surface area contributed by atoms with E-state index in [-0.39, 0.29) is 19.1 Å². The Labute approximate surface area is 163 Å². The van der Waals surface area contributed by atoms with Crippen LogP contribution >= 0.6 is 0 Å². The minimum atomic E-state index is -0.524. The molecule has 1 aliphatic heterocycles. The average molecular weight is 384 g/mol. The number of aryl methyl sites for hydroxylation is 1. The van der Waals surface area contributed by atoms with Crippen LogP contribution in [0.2, 0.25) is 0 Å². The molecule has 148 valence electrons. The molecule has 1 aromatic heterocycles. The molecule has 1 saturated heterocycles. The molecule has 1 fully saturated rings. The van der Waals surface area contributed by atoms with Gasteiger partial charge < -0.3 is 14.4 Å². The second-order valence-corrected chi connectivity index (χ2v) is 6.85. The number of pyridine rings is 1. The first-order chi connectivity index (χ1) is 13.5. The summed E-state index contributed by atoms with van der Waals surface area (Å²) in [6, 6.07) is 7.44. The predicted molar refractivity (Wildman–Crippen MR) is 103 cm³/mol. The highest BCUT2D eigenvalue weighted by molar-refractivity contribution is 5.98. The van der Waals surface area contributed by atoms with Gasteiger partial charge in [-0.25, -0.2) is 9.78 Å². The van der Waals surface area contributed by atoms with Crippen molar-refractivity contribution in [1.82, 2.24) is 9.88 Å². The van der Waals surface area contributed by atoms with E-state index >= 15 is 0 Å². The lowest BCUT2D eigenvalue weighted by Crippen LogP contribution is -2.36. The summed E-state index contributed by atoms with van der Waals surface area (Å²) in [6.07, 6.45) is 3.19. The summed E-state index contributed by atoms with van der Waals surface area (Å²) in [5, 5.41) is 0.841. The van der Waals surface area contributed by atoms with Crippen LogP contribution < -0.4 is 0 Å². The smallest absolute Gasteiger partial charge is 0.340 e. The molecule has 0 atom stereocenters. The van der Waals surface area contributed by atoms with Crippen LogP contribution in [0.3, 0.4) is 0 Å². The van der Waals surface area contributed by atoms with Crippen molar-refractivity contribution in [3.05, 3.63) is 41.1 Å². The molecule has 2 heterocycles. The molecule has 0 aliphatic carbocycles. The molecule has 1 aliphatic rings. The summed E-state index contributed by atoms with van der Waals surface area (Å²) in [5.41, 5.74) is 2.09. The lowest BCUT2D eigenvalue weighted by molar-refractivity contribution is -0.150. The second kappa shape index (κ2) is 8.82. The Balaban J connectivity index is 1.78. The lowest BCUT2D eigenvalue weighted by atomic mass is 10.0. The zero-order valence-electron chi connectivity index (χ0n) is 16.2. The molecule has 0 bridgehead atoms. The number of fused-ring (bicyclic) bond motifs is 1. The quantitative estimate of drug-likeness (QED) is 0.737. The Bertz CT molecular complexity index is 909. The number of ether oxygens (including phenoxy) is 2. The summed E-state index contributed by atoms with van der Waals surface area (Å²) in [7, 11) is 1.30. The second-order valence-electron chi connectivity index (χ2n) is 6.85. The number of carbonyl (C=O) groups is 3. The molecular formula is C21H24N2O5. The summed E-state index contributed by atoms with van der Waals surface area (Å²) >= 11 is 0. The van der Waals surface area contributed by atoms with Gasteiger partial charge in [0.05, 0.1) is 23.9 Å². The molecule has 0 saturated carbocycles. The van der Waals surface area contributed by atoms with E-state index in [1.165, 1.54) is 12.0 Å². The number of methoxy groups -OCH3 is 1. The van der Waals surface area contributed by atoms with Gasteiger partial charge in [0, 0.05) is 18.4 Å². The van der Waals surface area contributed by atoms with Crippen molar-refractivity contribution < 1.29 is 23.9 Å². The van der Waals surface area contributed by atoms with Gasteiger partial charge in [-0.15, -0.1) is 0 Å². The maximum Gasteiger partial charge on any atom is 0.340 e. The maximum absolute atomic E-state index is 12.3. The van der Waals surface area contributed by atoms with Crippen LogP contribution in [0.4, 0.5) is 0 Å². The number of hydrogen-bond acceptors (Lipinski definition) is 6. The number of carbonyl (C=O) groups excluding carboxylic acids is 3. The van der Waals surface area contributed by atoms with Crippen LogP contribution in [-0.4, -0.2) is 47.9 Å². The third kappa shape index (κ3) is 4.30. The van der Waals surface area contributed by atoms with Crippen molar-refractivity contribution in [2.75, 3.05) is 20.2 Å². The van der Waals surface area contributed by atoms with Gasteiger partial charge >= 0.3 is 11.9 Å². The SMILES string of the molecule is COC(=O)c1c(COC(=O)CN2CCCCCC2=O)nc2ccccc2c1C. The monoisotopic (exact) mass is 384 g/mol. The first kappa shape index (κ1) is 19.8. The van der Waals surface area contributed by atoms with E-state index in [2.05, 4.69) is 4.98 Å². The maximum atomic E-state index is 12.3. The number of aromatic nitrogens is 1. The van der Waals surface area contributed by atoms with Gasteiger partial charge in [-0.3, -0.25) is 9.59 Å². The van der Waals surface area contributed by atoms with Crippen LogP contribution in [0.5, 0.6) is 0 Å². The average Bonchev–Trinajstić information content (AvgIpc) is 2.90. The van der Waals surface area contributed by atoms with Crippen LogP contribution in [0, 0.1) is 6.92 Å². The molecular weight excluding hydrogens is 360 g/mol. The molecule has 1 aromatic carbocycles. The summed E-state index contributed by atoms with van der Waals surface area (Å²) in [5.74, 6) is -1.06. The predicted octanol–water partition coefficient (Wildman–Crippen LogP) is 2.78. The molecule has 0 N–H and O–H groups in total. The fourth-order valence-electron chi connectivity index (χ4n) is 3.47. The fraction of sp³-hybridized carbons (Fsp3) is 0.429. The highest BCUT2D eigenvalue weighted by Gasteiger charge is 2.23. The molecule has 0 unspecified atom stereocenters. The Kier molecular flexibility index (Phi) is 6.23. The Morgan fingerprint density at radius 1 is 1.18 bits per heavy atom. The third-order valence-electron chi connectivity index (χ3n) is 4.98. The number of amides is 1. The number of nitrogens with zero attached hydrogens (tertiary/aromatic N) is 2. The number of rotatable bonds is 5. The molecule has 3 rings (SSSR count). The normalized spacial score (nSPS) is 14.6. The van der Waals surface area contributed by atoms with E-state index in [1.54, 1.807) is 0 Å². The summed E-state index contributed by atoms with van der Waals surface area (Å²) in [6.45, 7) is 2.14. The molecule has 28 heavy (non-hydrogen) atoms. The number of benzene rings is 1. The molecule has 2 aromatic rings. The van der Waals surface area contributed by atoms with Crippen molar-refractivity contribution in [3.63, 3.8) is 0 Å². The van der Waals surface area contributed by atoms with Crippen LogP contribution in [0.15, 0.2) is 24.3 Å². The molecule has 7 nitrogen and oxygen atoms in total. The zero-order valence-corrected chi connectivity index (χ0v) is 16.2. The Morgan fingerprint density at radius 3 is 2.75 bits per heavy atom. The van der Waals surface area contributed by atoms with Crippen molar-refractivity contribution in [2.45, 2.75) is 39.2 Å². The number of likely N-dealkylation sites (tertiary alicyclic amines) is 1. The standard InChI is InChI=1S/C21H24N2O5/c1-14-15-8-5-6-9-16(15)22-17(20(14)21(26)27-2)13-28-19(25)12-23-11-7-3-4-10-18(23)24/h5-6,8-9H,3-4,7,10-13H2,1-2H3. The van der Waals surface area contributed by atoms with Crippen LogP contribution in [-0.2, 0) is 25.7 Å². The number of esters is 2. The van der Waals surface area contributed by atoms with Crippen molar-refractivity contribution in [1.29, 1.82) is 0 Å². The van der Waals surface area contributed by atoms with Gasteiger partial charge in [-0.2, -0.15) is 0 Å². The van der Waals surface area contributed by atoms with E-state index in [0.29, 0.717) is 29.7 Å². The molecule has 0 spiro atoms. The largest absolute Gasteiger partial charge is 0.465 e. The van der Waals surface area contributed by atoms with Crippen LogP contribution in [0.25, 0.3) is 10.9 Å². The third-order valence-corrected chi connectivity index (χ3v) is 4.98. The first-order valence-electron chi connectivity index (χ1n) is 9.41. The van der Waals surface area contributed by atoms with Crippen molar-refractivity contribution >= 4 is 28.7 Å². The van der Waals surface area contributed by atoms with Gasteiger partial charge in [0.25, 0.3) is 0 Å². The van der Waals surface area contributed by atoms with Gasteiger partial charge in [0.15, 0.2) is 0 Å². The van der Waals surface area contributed by atoms with E-state index in [0.717, 1.165) is 30.2 Å². The zero-order chi connectivity index (χ0) is 20.1. The van der Waals surface area contributed by atoms with Crippen molar-refractivity contribution in [2.24, 2.45) is 0 Å². The van der Waals surface area contributed by atoms with E-state index < -0.39 is 11.9 Å². The highest BCUT2D eigenvalue weighted by Crippen LogP contribution is 2.24. The summed E-state index contributed by atoms with van der Waals surface area (Å²) < 4.78 is 10.2. The van der Waals surface area contributed by atoms with Gasteiger partial charge in [-0.05, 0) is 31.4 Å². The lowest BCUT2D eigenvalue weighted by Gasteiger charge is -2.19. The highest BCUT2D eigenvalue weighted by atomic mass is 16.5. The van der Waals surface area contributed by atoms with Crippen LogP contribution in [0.1, 0.15) is 47.3 Å². The van der Waals surface area contributed by atoms with Gasteiger partial charge in [-0.1, -0.05) is 24.6 Å². The molecule has 0 radical (unpaired) electrons. The first-order valence-corrected chi connectivity index (χ1v) is 9.41. The number of hydrogen-bond donors (Lipinski definition) is 0. The van der Waals surface area contributed by atoms with E-state index in [4.69, 9.17) is 9.47 Å². The Hall–Kier alpha value is -2.96. The molecule has 7 heteroatoms. The molecule has 1 amide bonds. The van der Waals surface area contributed by atoms with Crippen molar-refractivity contribution in [3.8, 4) is 0 Å². The Morgan fingerprint density at radius 2 is 1.96 bits per heavy atom. The topological polar surface area (TPSA) is 85.8 Å².